The molecule has 20 heavy (non-hydrogen) atoms. The van der Waals surface area contributed by atoms with E-state index in [1.54, 1.807) is 7.11 Å². The van der Waals surface area contributed by atoms with Crippen LogP contribution in [0.15, 0.2) is 18.2 Å². The summed E-state index contributed by atoms with van der Waals surface area (Å²) in [5, 5.41) is 4.77. The van der Waals surface area contributed by atoms with Gasteiger partial charge in [0.25, 0.3) is 0 Å². The molecule has 0 heterocycles. The van der Waals surface area contributed by atoms with Crippen LogP contribution in [0.4, 0.5) is 0 Å². The Kier molecular flexibility index (Phi) is 7.32. The topological polar surface area (TPSA) is 21.3 Å². The number of hydrogen-bond donors (Lipinski definition) is 1. The first-order chi connectivity index (χ1) is 9.40. The molecule has 0 radical (unpaired) electrons. The molecule has 0 saturated carbocycles. The van der Waals surface area contributed by atoms with Gasteiger partial charge in [-0.1, -0.05) is 56.1 Å². The fourth-order valence-corrected chi connectivity index (χ4v) is 2.53. The fraction of sp³-hybridized carbons (Fsp3) is 0.625. The van der Waals surface area contributed by atoms with Gasteiger partial charge in [0.05, 0.1) is 16.7 Å². The van der Waals surface area contributed by atoms with Gasteiger partial charge in [0.2, 0.25) is 0 Å². The van der Waals surface area contributed by atoms with Crippen molar-refractivity contribution in [2.75, 3.05) is 26.8 Å². The molecule has 0 fully saturated rings. The molecule has 1 aromatic rings. The Morgan fingerprint density at radius 1 is 1.30 bits per heavy atom. The van der Waals surface area contributed by atoms with Crippen molar-refractivity contribution in [1.82, 2.24) is 5.32 Å². The maximum absolute atomic E-state index is 6.32. The van der Waals surface area contributed by atoms with Gasteiger partial charge in [0.1, 0.15) is 0 Å². The summed E-state index contributed by atoms with van der Waals surface area (Å²) < 4.78 is 5.07. The molecule has 0 aliphatic heterocycles. The summed E-state index contributed by atoms with van der Waals surface area (Å²) in [6.07, 6.45) is 0.907. The molecule has 114 valence electrons. The van der Waals surface area contributed by atoms with Gasteiger partial charge in [-0.25, -0.2) is 0 Å². The summed E-state index contributed by atoms with van der Waals surface area (Å²) in [4.78, 5) is 0. The molecule has 1 aromatic carbocycles. The Balaban J connectivity index is 2.77. The Hall–Kier alpha value is -0.280. The first kappa shape index (κ1) is 17.8. The first-order valence-corrected chi connectivity index (χ1v) is 7.79. The van der Waals surface area contributed by atoms with Crippen LogP contribution in [0.3, 0.4) is 0 Å². The van der Waals surface area contributed by atoms with E-state index in [4.69, 9.17) is 27.9 Å². The lowest BCUT2D eigenvalue weighted by atomic mass is 9.74. The fourth-order valence-electron chi connectivity index (χ4n) is 2.14. The molecule has 1 N–H and O–H groups in total. The Bertz CT molecular complexity index is 423. The molecule has 1 atom stereocenters. The molecule has 0 spiro atoms. The highest BCUT2D eigenvalue weighted by atomic mass is 35.5. The average molecular weight is 318 g/mol. The molecule has 0 aliphatic carbocycles. The van der Waals surface area contributed by atoms with Crippen molar-refractivity contribution in [1.29, 1.82) is 0 Å². The van der Waals surface area contributed by atoms with E-state index in [1.807, 2.05) is 12.1 Å². The second-order valence-electron chi connectivity index (χ2n) is 5.87. The van der Waals surface area contributed by atoms with Gasteiger partial charge < -0.3 is 10.1 Å². The van der Waals surface area contributed by atoms with Gasteiger partial charge >= 0.3 is 0 Å². The largest absolute Gasteiger partial charge is 0.383 e. The molecule has 0 aromatic heterocycles. The third-order valence-corrected chi connectivity index (χ3v) is 4.89. The van der Waals surface area contributed by atoms with Crippen molar-refractivity contribution < 1.29 is 4.74 Å². The molecule has 1 unspecified atom stereocenters. The number of nitrogens with one attached hydrogen (secondary N) is 1. The lowest BCUT2D eigenvalue weighted by molar-refractivity contribution is 0.175. The highest BCUT2D eigenvalue weighted by Gasteiger charge is 2.29. The van der Waals surface area contributed by atoms with E-state index >= 15 is 0 Å². The molecule has 4 heteroatoms. The molecular weight excluding hydrogens is 293 g/mol. The number of ether oxygens (including phenoxy) is 1. The molecule has 2 nitrogen and oxygen atoms in total. The molecule has 0 amide bonds. The summed E-state index contributed by atoms with van der Waals surface area (Å²) in [5.41, 5.74) is 1.24. The quantitative estimate of drug-likeness (QED) is 0.716. The second kappa shape index (κ2) is 8.23. The van der Waals surface area contributed by atoms with Crippen LogP contribution in [0.25, 0.3) is 0 Å². The molecular formula is C16H25Cl2NO. The normalized spacial score (nSPS) is 14.6. The Labute approximate surface area is 132 Å². The molecule has 0 saturated heterocycles. The van der Waals surface area contributed by atoms with Crippen molar-refractivity contribution >= 4 is 23.2 Å². The van der Waals surface area contributed by atoms with Crippen LogP contribution in [-0.2, 0) is 11.2 Å². The van der Waals surface area contributed by atoms with Crippen LogP contribution in [0.5, 0.6) is 0 Å². The van der Waals surface area contributed by atoms with Crippen LogP contribution in [0.1, 0.15) is 26.3 Å². The highest BCUT2D eigenvalue weighted by molar-refractivity contribution is 6.42. The standard InChI is InChI=1S/C16H25Cl2NO/c1-12(2)16(3,11-19-8-9-20-4)10-13-6-5-7-14(17)15(13)18/h5-7,12,19H,8-11H2,1-4H3. The van der Waals surface area contributed by atoms with Crippen molar-refractivity contribution in [3.8, 4) is 0 Å². The number of halogens is 2. The van der Waals surface area contributed by atoms with Crippen LogP contribution < -0.4 is 5.32 Å². The predicted octanol–water partition coefficient (Wildman–Crippen LogP) is 4.43. The number of benzene rings is 1. The van der Waals surface area contributed by atoms with Crippen LogP contribution >= 0.6 is 23.2 Å². The minimum absolute atomic E-state index is 0.127. The van der Waals surface area contributed by atoms with Crippen molar-refractivity contribution in [2.24, 2.45) is 11.3 Å². The van der Waals surface area contributed by atoms with E-state index in [9.17, 15) is 0 Å². The summed E-state index contributed by atoms with van der Waals surface area (Å²) >= 11 is 12.4. The van der Waals surface area contributed by atoms with E-state index in [0.29, 0.717) is 16.0 Å². The van der Waals surface area contributed by atoms with Gasteiger partial charge in [0, 0.05) is 20.2 Å². The maximum atomic E-state index is 6.32. The summed E-state index contributed by atoms with van der Waals surface area (Å²) in [7, 11) is 1.72. The zero-order valence-electron chi connectivity index (χ0n) is 12.8. The van der Waals surface area contributed by atoms with E-state index in [0.717, 1.165) is 31.7 Å². The highest BCUT2D eigenvalue weighted by Crippen LogP contribution is 2.35. The summed E-state index contributed by atoms with van der Waals surface area (Å²) in [5.74, 6) is 0.535. The molecule has 0 bridgehead atoms. The smallest absolute Gasteiger partial charge is 0.0624 e. The summed E-state index contributed by atoms with van der Waals surface area (Å²) in [6, 6.07) is 5.85. The minimum atomic E-state index is 0.127. The SMILES string of the molecule is COCCNCC(C)(Cc1cccc(Cl)c1Cl)C(C)C. The van der Waals surface area contributed by atoms with Gasteiger partial charge in [-0.2, -0.15) is 0 Å². The van der Waals surface area contributed by atoms with Gasteiger partial charge in [-0.15, -0.1) is 0 Å². The van der Waals surface area contributed by atoms with Crippen LogP contribution in [-0.4, -0.2) is 26.8 Å². The summed E-state index contributed by atoms with van der Waals surface area (Å²) in [6.45, 7) is 9.30. The zero-order valence-corrected chi connectivity index (χ0v) is 14.3. The second-order valence-corrected chi connectivity index (χ2v) is 6.65. The number of rotatable bonds is 8. The zero-order chi connectivity index (χ0) is 15.2. The third kappa shape index (κ3) is 4.92. The predicted molar refractivity (Wildman–Crippen MR) is 87.9 cm³/mol. The monoisotopic (exact) mass is 317 g/mol. The number of hydrogen-bond acceptors (Lipinski definition) is 2. The van der Waals surface area contributed by atoms with E-state index in [-0.39, 0.29) is 5.41 Å². The van der Waals surface area contributed by atoms with E-state index in [2.05, 4.69) is 32.2 Å². The Morgan fingerprint density at radius 3 is 2.60 bits per heavy atom. The average Bonchev–Trinajstić information content (AvgIpc) is 2.40. The van der Waals surface area contributed by atoms with Crippen molar-refractivity contribution in [2.45, 2.75) is 27.2 Å². The molecule has 0 aliphatic rings. The van der Waals surface area contributed by atoms with Gasteiger partial charge in [0.15, 0.2) is 0 Å². The minimum Gasteiger partial charge on any atom is -0.383 e. The maximum Gasteiger partial charge on any atom is 0.0624 e. The van der Waals surface area contributed by atoms with E-state index in [1.165, 1.54) is 0 Å². The van der Waals surface area contributed by atoms with Crippen molar-refractivity contribution in [3.05, 3.63) is 33.8 Å². The van der Waals surface area contributed by atoms with E-state index < -0.39 is 0 Å². The van der Waals surface area contributed by atoms with Crippen LogP contribution in [0.2, 0.25) is 10.0 Å². The Morgan fingerprint density at radius 2 is 2.00 bits per heavy atom. The van der Waals surface area contributed by atoms with Crippen molar-refractivity contribution in [3.63, 3.8) is 0 Å². The van der Waals surface area contributed by atoms with Gasteiger partial charge in [-0.05, 0) is 29.4 Å². The number of methoxy groups -OCH3 is 1. The first-order valence-electron chi connectivity index (χ1n) is 7.03. The third-order valence-electron chi connectivity index (χ3n) is 4.03. The lowest BCUT2D eigenvalue weighted by Crippen LogP contribution is -2.39. The molecule has 1 rings (SSSR count). The van der Waals surface area contributed by atoms with Crippen LogP contribution in [0, 0.1) is 11.3 Å². The van der Waals surface area contributed by atoms with Gasteiger partial charge in [-0.3, -0.25) is 0 Å². The lowest BCUT2D eigenvalue weighted by Gasteiger charge is -2.35.